The predicted octanol–water partition coefficient (Wildman–Crippen LogP) is 6.21. The molecule has 1 heterocycles. The van der Waals surface area contributed by atoms with E-state index in [-0.39, 0.29) is 12.6 Å². The highest BCUT2D eigenvalue weighted by Crippen LogP contribution is 2.37. The van der Waals surface area contributed by atoms with E-state index in [0.29, 0.717) is 10.8 Å². The summed E-state index contributed by atoms with van der Waals surface area (Å²) in [6, 6.07) is 24.6. The summed E-state index contributed by atoms with van der Waals surface area (Å²) in [5.74, 6) is 0.650. The molecule has 4 rings (SSSR count). The Balaban J connectivity index is 1.57. The lowest BCUT2D eigenvalue weighted by atomic mass is 10.0. The van der Waals surface area contributed by atoms with E-state index in [2.05, 4.69) is 52.3 Å². The van der Waals surface area contributed by atoms with Crippen LogP contribution < -0.4 is 9.64 Å². The number of halogens is 2. The van der Waals surface area contributed by atoms with Gasteiger partial charge in [-0.05, 0) is 49.2 Å². The minimum absolute atomic E-state index is 0.139. The van der Waals surface area contributed by atoms with Crippen LogP contribution in [0, 0.1) is 0 Å². The molecule has 6 heteroatoms. The molecule has 0 radical (unpaired) electrons. The average Bonchev–Trinajstić information content (AvgIpc) is 2.79. The van der Waals surface area contributed by atoms with E-state index < -0.39 is 5.60 Å². The highest BCUT2D eigenvalue weighted by Gasteiger charge is 2.30. The van der Waals surface area contributed by atoms with E-state index in [0.717, 1.165) is 36.9 Å². The van der Waals surface area contributed by atoms with E-state index in [4.69, 9.17) is 27.9 Å². The molecule has 1 aliphatic heterocycles. The van der Waals surface area contributed by atoms with Crippen LogP contribution in [0.25, 0.3) is 0 Å². The third kappa shape index (κ3) is 6.42. The first-order valence-corrected chi connectivity index (χ1v) is 12.0. The van der Waals surface area contributed by atoms with Crippen LogP contribution in [0.4, 0.5) is 5.69 Å². The van der Waals surface area contributed by atoms with Gasteiger partial charge in [0.05, 0.1) is 22.4 Å². The highest BCUT2D eigenvalue weighted by molar-refractivity contribution is 6.33. The van der Waals surface area contributed by atoms with Gasteiger partial charge in [0.2, 0.25) is 0 Å². The van der Waals surface area contributed by atoms with Crippen LogP contribution >= 0.6 is 23.2 Å². The van der Waals surface area contributed by atoms with Crippen molar-refractivity contribution in [3.8, 4) is 5.75 Å². The molecule has 0 unspecified atom stereocenters. The zero-order valence-electron chi connectivity index (χ0n) is 19.0. The molecule has 1 aliphatic rings. The number of nitrogens with zero attached hydrogens (tertiary/aromatic N) is 2. The summed E-state index contributed by atoms with van der Waals surface area (Å²) in [5, 5.41) is 11.3. The monoisotopic (exact) mass is 484 g/mol. The normalized spacial score (nSPS) is 17.2. The van der Waals surface area contributed by atoms with Crippen LogP contribution in [0.15, 0.2) is 72.8 Å². The summed E-state index contributed by atoms with van der Waals surface area (Å²) < 4.78 is 5.73. The molecule has 0 aromatic heterocycles. The lowest BCUT2D eigenvalue weighted by Gasteiger charge is -2.43. The van der Waals surface area contributed by atoms with Gasteiger partial charge in [-0.2, -0.15) is 0 Å². The first kappa shape index (κ1) is 23.9. The molecule has 0 spiro atoms. The standard InChI is InChI=1S/C27H30Cl2N2O2/c1-27(2,32)19-33-23-12-13-25(24(29)16-23)31-15-14-30(17-20-6-4-3-5-7-20)18-26(31)21-8-10-22(28)11-9-21/h3-13,16,26,32H,14-15,17-19H2,1-2H3/t26-/m0/s1. The number of rotatable bonds is 7. The van der Waals surface area contributed by atoms with E-state index >= 15 is 0 Å². The Hall–Kier alpha value is -2.24. The average molecular weight is 485 g/mol. The number of aliphatic hydroxyl groups is 1. The van der Waals surface area contributed by atoms with E-state index in [1.165, 1.54) is 11.1 Å². The molecule has 1 saturated heterocycles. The van der Waals surface area contributed by atoms with Gasteiger partial charge in [0, 0.05) is 37.3 Å². The molecule has 0 saturated carbocycles. The molecule has 3 aromatic carbocycles. The summed E-state index contributed by atoms with van der Waals surface area (Å²) >= 11 is 12.9. The van der Waals surface area contributed by atoms with E-state index in [1.54, 1.807) is 13.8 Å². The van der Waals surface area contributed by atoms with Crippen molar-refractivity contribution in [2.45, 2.75) is 32.0 Å². The number of ether oxygens (including phenoxy) is 1. The zero-order chi connectivity index (χ0) is 23.4. The number of hydrogen-bond acceptors (Lipinski definition) is 4. The fraction of sp³-hybridized carbons (Fsp3) is 0.333. The quantitative estimate of drug-likeness (QED) is 0.432. The summed E-state index contributed by atoms with van der Waals surface area (Å²) in [5.41, 5.74) is 2.59. The topological polar surface area (TPSA) is 35.9 Å². The van der Waals surface area contributed by atoms with Crippen molar-refractivity contribution < 1.29 is 9.84 Å². The fourth-order valence-corrected chi connectivity index (χ4v) is 4.56. The van der Waals surface area contributed by atoms with Crippen LogP contribution in [-0.2, 0) is 6.54 Å². The molecule has 33 heavy (non-hydrogen) atoms. The van der Waals surface area contributed by atoms with Crippen LogP contribution in [0.2, 0.25) is 10.0 Å². The van der Waals surface area contributed by atoms with Gasteiger partial charge in [0.15, 0.2) is 0 Å². The van der Waals surface area contributed by atoms with Crippen molar-refractivity contribution in [3.63, 3.8) is 0 Å². The summed E-state index contributed by atoms with van der Waals surface area (Å²) in [7, 11) is 0. The fourth-order valence-electron chi connectivity index (χ4n) is 4.15. The Bertz CT molecular complexity index is 1050. The van der Waals surface area contributed by atoms with Gasteiger partial charge in [-0.1, -0.05) is 65.7 Å². The Morgan fingerprint density at radius 3 is 2.36 bits per heavy atom. The highest BCUT2D eigenvalue weighted by atomic mass is 35.5. The molecule has 0 bridgehead atoms. The van der Waals surface area contributed by atoms with Crippen LogP contribution in [0.1, 0.15) is 31.0 Å². The van der Waals surface area contributed by atoms with E-state index in [9.17, 15) is 5.11 Å². The van der Waals surface area contributed by atoms with Crippen LogP contribution in [0.3, 0.4) is 0 Å². The first-order valence-electron chi connectivity index (χ1n) is 11.2. The van der Waals surface area contributed by atoms with Crippen molar-refractivity contribution in [2.75, 3.05) is 31.1 Å². The second-order valence-electron chi connectivity index (χ2n) is 9.20. The van der Waals surface area contributed by atoms with Gasteiger partial charge in [-0.3, -0.25) is 4.90 Å². The molecular formula is C27H30Cl2N2O2. The van der Waals surface area contributed by atoms with Crippen LogP contribution in [-0.4, -0.2) is 41.8 Å². The van der Waals surface area contributed by atoms with Crippen molar-refractivity contribution in [1.82, 2.24) is 4.90 Å². The first-order chi connectivity index (χ1) is 15.8. The van der Waals surface area contributed by atoms with Gasteiger partial charge in [-0.25, -0.2) is 0 Å². The van der Waals surface area contributed by atoms with Crippen molar-refractivity contribution in [1.29, 1.82) is 0 Å². The van der Waals surface area contributed by atoms with Crippen molar-refractivity contribution in [3.05, 3.63) is 94.0 Å². The zero-order valence-corrected chi connectivity index (χ0v) is 20.6. The number of hydrogen-bond donors (Lipinski definition) is 1. The molecule has 4 nitrogen and oxygen atoms in total. The smallest absolute Gasteiger partial charge is 0.121 e. The molecule has 1 fully saturated rings. The third-order valence-electron chi connectivity index (χ3n) is 5.79. The molecule has 0 amide bonds. The molecular weight excluding hydrogens is 455 g/mol. The Morgan fingerprint density at radius 2 is 1.70 bits per heavy atom. The van der Waals surface area contributed by atoms with Gasteiger partial charge in [-0.15, -0.1) is 0 Å². The second-order valence-corrected chi connectivity index (χ2v) is 10.0. The number of anilines is 1. The predicted molar refractivity (Wildman–Crippen MR) is 137 cm³/mol. The van der Waals surface area contributed by atoms with Gasteiger partial charge < -0.3 is 14.7 Å². The molecule has 1 N–H and O–H groups in total. The second kappa shape index (κ2) is 10.4. The molecule has 1 atom stereocenters. The molecule has 3 aromatic rings. The lowest BCUT2D eigenvalue weighted by Crippen LogP contribution is -2.48. The lowest BCUT2D eigenvalue weighted by molar-refractivity contribution is 0.0285. The number of piperazine rings is 1. The largest absolute Gasteiger partial charge is 0.491 e. The summed E-state index contributed by atoms with van der Waals surface area (Å²) in [6.45, 7) is 7.22. The molecule has 0 aliphatic carbocycles. The van der Waals surface area contributed by atoms with Crippen LogP contribution in [0.5, 0.6) is 5.75 Å². The van der Waals surface area contributed by atoms with Crippen molar-refractivity contribution in [2.24, 2.45) is 0 Å². The Kier molecular flexibility index (Phi) is 7.50. The number of benzene rings is 3. The maximum absolute atomic E-state index is 9.94. The summed E-state index contributed by atoms with van der Waals surface area (Å²) in [6.07, 6.45) is 0. The van der Waals surface area contributed by atoms with Crippen molar-refractivity contribution >= 4 is 28.9 Å². The SMILES string of the molecule is CC(C)(O)COc1ccc(N2CCN(Cc3ccccc3)C[C@H]2c2ccc(Cl)cc2)c(Cl)c1. The molecule has 174 valence electrons. The van der Waals surface area contributed by atoms with Gasteiger partial charge >= 0.3 is 0 Å². The van der Waals surface area contributed by atoms with Gasteiger partial charge in [0.1, 0.15) is 12.4 Å². The Labute approximate surface area is 206 Å². The maximum Gasteiger partial charge on any atom is 0.121 e. The third-order valence-corrected chi connectivity index (χ3v) is 6.34. The summed E-state index contributed by atoms with van der Waals surface area (Å²) in [4.78, 5) is 4.85. The maximum atomic E-state index is 9.94. The van der Waals surface area contributed by atoms with E-state index in [1.807, 2.05) is 30.3 Å². The van der Waals surface area contributed by atoms with Gasteiger partial charge in [0.25, 0.3) is 0 Å². The minimum atomic E-state index is -0.903. The Morgan fingerprint density at radius 1 is 0.970 bits per heavy atom. The minimum Gasteiger partial charge on any atom is -0.491 e.